The lowest BCUT2D eigenvalue weighted by atomic mass is 10.1. The van der Waals surface area contributed by atoms with Crippen LogP contribution in [0.3, 0.4) is 0 Å². The zero-order chi connectivity index (χ0) is 19.8. The third-order valence-corrected chi connectivity index (χ3v) is 5.20. The lowest BCUT2D eigenvalue weighted by molar-refractivity contribution is -0.125. The Bertz CT molecular complexity index is 1070. The van der Waals surface area contributed by atoms with E-state index in [1.165, 1.54) is 0 Å². The number of carbonyl (C=O) groups excluding carboxylic acids is 2. The van der Waals surface area contributed by atoms with Gasteiger partial charge in [0.25, 0.3) is 0 Å². The first-order valence-corrected chi connectivity index (χ1v) is 9.26. The second-order valence-electron chi connectivity index (χ2n) is 7.19. The molecule has 0 saturated heterocycles. The quantitative estimate of drug-likeness (QED) is 0.728. The van der Waals surface area contributed by atoms with Crippen molar-refractivity contribution in [1.82, 2.24) is 9.78 Å². The van der Waals surface area contributed by atoms with Gasteiger partial charge in [-0.1, -0.05) is 36.4 Å². The Morgan fingerprint density at radius 1 is 1.11 bits per heavy atom. The number of nitrogens with one attached hydrogen (secondary N) is 2. The Labute approximate surface area is 163 Å². The number of fused-ring (bicyclic) bond motifs is 1. The smallest absolute Gasteiger partial charge is 0.249 e. The lowest BCUT2D eigenvalue weighted by Crippen LogP contribution is -2.36. The fourth-order valence-electron chi connectivity index (χ4n) is 3.46. The van der Waals surface area contributed by atoms with E-state index in [0.29, 0.717) is 11.5 Å². The minimum Gasteiger partial charge on any atom is -0.324 e. The Kier molecular flexibility index (Phi) is 4.47. The number of benzene rings is 2. The standard InChI is InChI=1S/C22H22N4O2/c1-13-9-10-17(11-14(13)2)23-22(28)18-12-19(27)24-21-15(3)20(25-26(18)21)16-7-5-4-6-8-16/h4-11,18H,12H2,1-3H3,(H,23,28)(H,24,27)/t18-/m0/s1. The van der Waals surface area contributed by atoms with Gasteiger partial charge >= 0.3 is 0 Å². The summed E-state index contributed by atoms with van der Waals surface area (Å²) in [6, 6.07) is 14.8. The molecule has 0 spiro atoms. The second kappa shape index (κ2) is 6.96. The van der Waals surface area contributed by atoms with Crippen LogP contribution in [-0.2, 0) is 9.59 Å². The van der Waals surface area contributed by atoms with E-state index in [9.17, 15) is 9.59 Å². The number of aromatic nitrogens is 2. The monoisotopic (exact) mass is 374 g/mol. The Morgan fingerprint density at radius 2 is 1.86 bits per heavy atom. The van der Waals surface area contributed by atoms with E-state index in [-0.39, 0.29) is 18.2 Å². The molecule has 0 radical (unpaired) electrons. The molecule has 0 saturated carbocycles. The predicted octanol–water partition coefficient (Wildman–Crippen LogP) is 4.00. The van der Waals surface area contributed by atoms with E-state index in [2.05, 4.69) is 15.7 Å². The largest absolute Gasteiger partial charge is 0.324 e. The number of rotatable bonds is 3. The van der Waals surface area contributed by atoms with Crippen molar-refractivity contribution in [2.75, 3.05) is 10.6 Å². The van der Waals surface area contributed by atoms with Gasteiger partial charge < -0.3 is 10.6 Å². The summed E-state index contributed by atoms with van der Waals surface area (Å²) in [7, 11) is 0. The molecule has 6 heteroatoms. The molecular formula is C22H22N4O2. The number of nitrogens with zero attached hydrogens (tertiary/aromatic N) is 2. The van der Waals surface area contributed by atoms with Gasteiger partial charge in [0.1, 0.15) is 11.9 Å². The summed E-state index contributed by atoms with van der Waals surface area (Å²) in [5.41, 5.74) is 5.54. The fraction of sp³-hybridized carbons (Fsp3) is 0.227. The van der Waals surface area contributed by atoms with Crippen molar-refractivity contribution in [3.63, 3.8) is 0 Å². The van der Waals surface area contributed by atoms with E-state index in [0.717, 1.165) is 27.9 Å². The zero-order valence-corrected chi connectivity index (χ0v) is 16.1. The maximum Gasteiger partial charge on any atom is 0.249 e. The molecule has 0 bridgehead atoms. The van der Waals surface area contributed by atoms with Gasteiger partial charge in [0, 0.05) is 16.8 Å². The molecule has 1 aliphatic rings. The summed E-state index contributed by atoms with van der Waals surface area (Å²) in [5.74, 6) is 0.146. The van der Waals surface area contributed by atoms with E-state index >= 15 is 0 Å². The highest BCUT2D eigenvalue weighted by Gasteiger charge is 2.34. The van der Waals surface area contributed by atoms with Gasteiger partial charge in [0.05, 0.1) is 12.1 Å². The van der Waals surface area contributed by atoms with Gasteiger partial charge in [-0.3, -0.25) is 9.59 Å². The third-order valence-electron chi connectivity index (χ3n) is 5.20. The topological polar surface area (TPSA) is 76.0 Å². The van der Waals surface area contributed by atoms with Crippen molar-refractivity contribution in [1.29, 1.82) is 0 Å². The average molecular weight is 374 g/mol. The molecule has 3 aromatic rings. The number of hydrogen-bond donors (Lipinski definition) is 2. The van der Waals surface area contributed by atoms with Crippen molar-refractivity contribution < 1.29 is 9.59 Å². The molecule has 28 heavy (non-hydrogen) atoms. The number of hydrogen-bond acceptors (Lipinski definition) is 3. The minimum atomic E-state index is -0.693. The highest BCUT2D eigenvalue weighted by atomic mass is 16.2. The number of amides is 2. The molecule has 0 unspecified atom stereocenters. The van der Waals surface area contributed by atoms with Crippen LogP contribution in [0.5, 0.6) is 0 Å². The Morgan fingerprint density at radius 3 is 2.57 bits per heavy atom. The summed E-state index contributed by atoms with van der Waals surface area (Å²) in [6.45, 7) is 5.93. The van der Waals surface area contributed by atoms with Gasteiger partial charge in [-0.2, -0.15) is 5.10 Å². The van der Waals surface area contributed by atoms with E-state index in [4.69, 9.17) is 0 Å². The molecule has 0 fully saturated rings. The number of anilines is 2. The molecule has 142 valence electrons. The molecule has 4 rings (SSSR count). The minimum absolute atomic E-state index is 0.0546. The summed E-state index contributed by atoms with van der Waals surface area (Å²) in [5, 5.41) is 10.5. The summed E-state index contributed by atoms with van der Waals surface area (Å²) in [4.78, 5) is 25.2. The SMILES string of the molecule is Cc1ccc(NC(=O)[C@@H]2CC(=O)Nc3c(C)c(-c4ccccc4)nn32)cc1C. The van der Waals surface area contributed by atoms with Gasteiger partial charge in [-0.15, -0.1) is 0 Å². The van der Waals surface area contributed by atoms with Gasteiger partial charge in [0.15, 0.2) is 0 Å². The first-order chi connectivity index (χ1) is 13.4. The molecule has 2 heterocycles. The summed E-state index contributed by atoms with van der Waals surface area (Å²) < 4.78 is 1.63. The first-order valence-electron chi connectivity index (χ1n) is 9.26. The van der Waals surface area contributed by atoms with Gasteiger partial charge in [-0.05, 0) is 44.0 Å². The van der Waals surface area contributed by atoms with Crippen molar-refractivity contribution in [3.8, 4) is 11.3 Å². The van der Waals surface area contributed by atoms with E-state index in [1.54, 1.807) is 4.68 Å². The molecule has 1 aliphatic heterocycles. The molecular weight excluding hydrogens is 352 g/mol. The van der Waals surface area contributed by atoms with Crippen LogP contribution in [0.2, 0.25) is 0 Å². The van der Waals surface area contributed by atoms with Crippen LogP contribution < -0.4 is 10.6 Å². The lowest BCUT2D eigenvalue weighted by Gasteiger charge is -2.24. The van der Waals surface area contributed by atoms with Gasteiger partial charge in [0.2, 0.25) is 11.8 Å². The molecule has 2 aromatic carbocycles. The zero-order valence-electron chi connectivity index (χ0n) is 16.1. The summed E-state index contributed by atoms with van der Waals surface area (Å²) >= 11 is 0. The maximum absolute atomic E-state index is 13.0. The van der Waals surface area contributed by atoms with Crippen molar-refractivity contribution in [2.24, 2.45) is 0 Å². The van der Waals surface area contributed by atoms with Crippen LogP contribution in [0.15, 0.2) is 48.5 Å². The number of aryl methyl sites for hydroxylation is 2. The van der Waals surface area contributed by atoms with Crippen LogP contribution in [-0.4, -0.2) is 21.6 Å². The van der Waals surface area contributed by atoms with E-state index < -0.39 is 6.04 Å². The molecule has 1 atom stereocenters. The van der Waals surface area contributed by atoms with Crippen LogP contribution >= 0.6 is 0 Å². The molecule has 1 aromatic heterocycles. The molecule has 2 amide bonds. The summed E-state index contributed by atoms with van der Waals surface area (Å²) in [6.07, 6.45) is 0.0546. The molecule has 0 aliphatic carbocycles. The van der Waals surface area contributed by atoms with Gasteiger partial charge in [-0.25, -0.2) is 4.68 Å². The Balaban J connectivity index is 1.69. The van der Waals surface area contributed by atoms with Crippen molar-refractivity contribution in [3.05, 3.63) is 65.2 Å². The highest BCUT2D eigenvalue weighted by Crippen LogP contribution is 2.34. The van der Waals surface area contributed by atoms with Crippen LogP contribution in [0.1, 0.15) is 29.2 Å². The third kappa shape index (κ3) is 3.17. The van der Waals surface area contributed by atoms with Crippen molar-refractivity contribution in [2.45, 2.75) is 33.2 Å². The first kappa shape index (κ1) is 18.0. The van der Waals surface area contributed by atoms with Crippen LogP contribution in [0.25, 0.3) is 11.3 Å². The molecule has 2 N–H and O–H groups in total. The Hall–Kier alpha value is -3.41. The predicted molar refractivity (Wildman–Crippen MR) is 109 cm³/mol. The van der Waals surface area contributed by atoms with Crippen LogP contribution in [0.4, 0.5) is 11.5 Å². The normalized spacial score (nSPS) is 15.7. The van der Waals surface area contributed by atoms with Crippen LogP contribution in [0, 0.1) is 20.8 Å². The fourth-order valence-corrected chi connectivity index (χ4v) is 3.46. The average Bonchev–Trinajstić information content (AvgIpc) is 3.01. The molecule has 6 nitrogen and oxygen atoms in total. The second-order valence-corrected chi connectivity index (χ2v) is 7.19. The van der Waals surface area contributed by atoms with E-state index in [1.807, 2.05) is 69.3 Å². The highest BCUT2D eigenvalue weighted by molar-refractivity contribution is 6.02. The number of carbonyl (C=O) groups is 2. The van der Waals surface area contributed by atoms with Crippen molar-refractivity contribution >= 4 is 23.3 Å². The maximum atomic E-state index is 13.0.